The summed E-state index contributed by atoms with van der Waals surface area (Å²) in [5, 5.41) is 2.68. The van der Waals surface area contributed by atoms with Crippen LogP contribution in [0.25, 0.3) is 0 Å². The second kappa shape index (κ2) is 6.31. The van der Waals surface area contributed by atoms with E-state index < -0.39 is 0 Å². The maximum absolute atomic E-state index is 10.8. The number of rotatable bonds is 2. The molecule has 1 aromatic carbocycles. The van der Waals surface area contributed by atoms with Crippen LogP contribution in [0, 0.1) is 0 Å². The van der Waals surface area contributed by atoms with E-state index in [2.05, 4.69) is 17.9 Å². The van der Waals surface area contributed by atoms with E-state index in [0.29, 0.717) is 0 Å². The Kier molecular flexibility index (Phi) is 6.20. The van der Waals surface area contributed by atoms with Crippen LogP contribution >= 0.6 is 12.6 Å². The van der Waals surface area contributed by atoms with Crippen LogP contribution in [-0.4, -0.2) is 11.7 Å². The molecule has 0 aliphatic carbocycles. The molecule has 69 valence electrons. The van der Waals surface area contributed by atoms with Gasteiger partial charge in [0.2, 0.25) is 5.91 Å². The molecule has 0 saturated heterocycles. The number of benzene rings is 1. The van der Waals surface area contributed by atoms with Gasteiger partial charge in [0.1, 0.15) is 0 Å². The molecule has 1 radical (unpaired) electrons. The Hall–Kier alpha value is -0.220. The van der Waals surface area contributed by atoms with E-state index in [4.69, 9.17) is 0 Å². The monoisotopic (exact) mass is 364 g/mol. The van der Waals surface area contributed by atoms with E-state index in [1.807, 2.05) is 30.3 Å². The molecule has 0 spiro atoms. The quantitative estimate of drug-likeness (QED) is 0.605. The molecule has 0 aliphatic rings. The number of amides is 1. The van der Waals surface area contributed by atoms with E-state index in [-0.39, 0.29) is 34.0 Å². The Labute approximate surface area is 92.7 Å². The average Bonchev–Trinajstić information content (AvgIpc) is 2.06. The molecule has 2 nitrogen and oxygen atoms in total. The SMILES string of the molecule is O=C(CS)Nc1ccccc1.[Au]. The van der Waals surface area contributed by atoms with Crippen LogP contribution in [0.4, 0.5) is 5.69 Å². The molecular formula is C8H9AuNOS. The van der Waals surface area contributed by atoms with E-state index in [9.17, 15) is 4.79 Å². The number of para-hydroxylation sites is 1. The number of carbonyl (C=O) groups is 1. The Morgan fingerprint density at radius 2 is 1.92 bits per heavy atom. The first-order valence-corrected chi connectivity index (χ1v) is 3.92. The molecule has 4 heteroatoms. The minimum absolute atomic E-state index is 0. The molecule has 0 aliphatic heterocycles. The van der Waals surface area contributed by atoms with Crippen LogP contribution in [0.15, 0.2) is 30.3 Å². The van der Waals surface area contributed by atoms with E-state index in [1.165, 1.54) is 0 Å². The normalized spacial score (nSPS) is 8.42. The molecular weight excluding hydrogens is 355 g/mol. The van der Waals surface area contributed by atoms with Crippen molar-refractivity contribution >= 4 is 24.2 Å². The molecule has 0 fully saturated rings. The maximum atomic E-state index is 10.8. The minimum Gasteiger partial charge on any atom is -0.325 e. The molecule has 1 N–H and O–H groups in total. The molecule has 0 unspecified atom stereocenters. The first kappa shape index (κ1) is 11.8. The van der Waals surface area contributed by atoms with E-state index in [0.717, 1.165) is 5.69 Å². The number of nitrogens with one attached hydrogen (secondary N) is 1. The van der Waals surface area contributed by atoms with Gasteiger partial charge in [-0.15, -0.1) is 0 Å². The van der Waals surface area contributed by atoms with Gasteiger partial charge in [-0.1, -0.05) is 18.2 Å². The fourth-order valence-corrected chi connectivity index (χ4v) is 0.801. The van der Waals surface area contributed by atoms with Crippen molar-refractivity contribution in [3.8, 4) is 0 Å². The van der Waals surface area contributed by atoms with Crippen molar-refractivity contribution in [3.05, 3.63) is 30.3 Å². The smallest absolute Gasteiger partial charge is 0.234 e. The van der Waals surface area contributed by atoms with Gasteiger partial charge in [0, 0.05) is 28.1 Å². The molecule has 0 heterocycles. The number of hydrogen-bond donors (Lipinski definition) is 2. The summed E-state index contributed by atoms with van der Waals surface area (Å²) in [7, 11) is 0. The first-order valence-electron chi connectivity index (χ1n) is 3.28. The van der Waals surface area contributed by atoms with Gasteiger partial charge in [0.05, 0.1) is 5.75 Å². The number of hydrogen-bond acceptors (Lipinski definition) is 2. The fourth-order valence-electron chi connectivity index (χ4n) is 0.722. The molecule has 1 rings (SSSR count). The van der Waals surface area contributed by atoms with Gasteiger partial charge in [0.15, 0.2) is 0 Å². The summed E-state index contributed by atoms with van der Waals surface area (Å²) >= 11 is 3.83. The molecule has 0 saturated carbocycles. The van der Waals surface area contributed by atoms with E-state index >= 15 is 0 Å². The summed E-state index contributed by atoms with van der Waals surface area (Å²) in [6, 6.07) is 9.31. The Balaban J connectivity index is 0.00000121. The van der Waals surface area contributed by atoms with Crippen LogP contribution < -0.4 is 5.32 Å². The van der Waals surface area contributed by atoms with Crippen molar-refractivity contribution in [1.29, 1.82) is 0 Å². The number of thiol groups is 1. The standard InChI is InChI=1S/C8H9NOS.Au/c10-8(6-11)9-7-4-2-1-3-5-7;/h1-5,11H,6H2,(H,9,10);. The summed E-state index contributed by atoms with van der Waals surface area (Å²) in [6.45, 7) is 0. The van der Waals surface area contributed by atoms with Gasteiger partial charge >= 0.3 is 0 Å². The largest absolute Gasteiger partial charge is 0.325 e. The molecule has 1 aromatic rings. The van der Waals surface area contributed by atoms with Crippen LogP contribution in [0.3, 0.4) is 0 Å². The van der Waals surface area contributed by atoms with Gasteiger partial charge in [-0.2, -0.15) is 12.6 Å². The molecule has 1 amide bonds. The molecule has 0 atom stereocenters. The number of carbonyl (C=O) groups excluding carboxylic acids is 1. The second-order valence-electron chi connectivity index (χ2n) is 2.07. The third kappa shape index (κ3) is 3.97. The Morgan fingerprint density at radius 3 is 2.42 bits per heavy atom. The summed E-state index contributed by atoms with van der Waals surface area (Å²) in [6.07, 6.45) is 0. The summed E-state index contributed by atoms with van der Waals surface area (Å²) < 4.78 is 0. The topological polar surface area (TPSA) is 29.1 Å². The molecule has 0 aromatic heterocycles. The predicted molar refractivity (Wildman–Crippen MR) is 48.9 cm³/mol. The fraction of sp³-hybridized carbons (Fsp3) is 0.125. The third-order valence-corrected chi connectivity index (χ3v) is 1.49. The number of anilines is 1. The zero-order valence-electron chi connectivity index (χ0n) is 6.25. The van der Waals surface area contributed by atoms with Crippen LogP contribution in [-0.2, 0) is 27.2 Å². The third-order valence-electron chi connectivity index (χ3n) is 1.20. The van der Waals surface area contributed by atoms with Crippen molar-refractivity contribution in [2.45, 2.75) is 0 Å². The Bertz CT molecular complexity index is 240. The van der Waals surface area contributed by atoms with Crippen molar-refractivity contribution in [2.75, 3.05) is 11.1 Å². The van der Waals surface area contributed by atoms with Crippen molar-refractivity contribution in [1.82, 2.24) is 0 Å². The van der Waals surface area contributed by atoms with Gasteiger partial charge in [0.25, 0.3) is 0 Å². The van der Waals surface area contributed by atoms with Crippen molar-refractivity contribution in [2.24, 2.45) is 0 Å². The van der Waals surface area contributed by atoms with Gasteiger partial charge in [-0.3, -0.25) is 4.79 Å². The van der Waals surface area contributed by atoms with Crippen LogP contribution in [0.1, 0.15) is 0 Å². The van der Waals surface area contributed by atoms with Crippen LogP contribution in [0.5, 0.6) is 0 Å². The maximum Gasteiger partial charge on any atom is 0.234 e. The van der Waals surface area contributed by atoms with Gasteiger partial charge < -0.3 is 5.32 Å². The first-order chi connectivity index (χ1) is 5.33. The van der Waals surface area contributed by atoms with Crippen molar-refractivity contribution in [3.63, 3.8) is 0 Å². The predicted octanol–water partition coefficient (Wildman–Crippen LogP) is 1.55. The van der Waals surface area contributed by atoms with Crippen LogP contribution in [0.2, 0.25) is 0 Å². The van der Waals surface area contributed by atoms with E-state index in [1.54, 1.807) is 0 Å². The van der Waals surface area contributed by atoms with Gasteiger partial charge in [-0.05, 0) is 12.1 Å². The summed E-state index contributed by atoms with van der Waals surface area (Å²) in [4.78, 5) is 10.8. The second-order valence-corrected chi connectivity index (χ2v) is 2.39. The minimum atomic E-state index is -0.0838. The Morgan fingerprint density at radius 1 is 1.33 bits per heavy atom. The average molecular weight is 364 g/mol. The summed E-state index contributed by atoms with van der Waals surface area (Å²) in [5.74, 6) is 0.133. The molecule has 12 heavy (non-hydrogen) atoms. The zero-order chi connectivity index (χ0) is 8.10. The summed E-state index contributed by atoms with van der Waals surface area (Å²) in [5.41, 5.74) is 0.812. The van der Waals surface area contributed by atoms with Crippen molar-refractivity contribution < 1.29 is 27.2 Å². The zero-order valence-corrected chi connectivity index (χ0v) is 9.31. The molecule has 0 bridgehead atoms. The van der Waals surface area contributed by atoms with Gasteiger partial charge in [-0.25, -0.2) is 0 Å².